The van der Waals surface area contributed by atoms with E-state index in [0.29, 0.717) is 16.6 Å². The van der Waals surface area contributed by atoms with E-state index in [2.05, 4.69) is 20.6 Å². The van der Waals surface area contributed by atoms with Crippen LogP contribution in [0.2, 0.25) is 0 Å². The second-order valence-electron chi connectivity index (χ2n) is 6.13. The van der Waals surface area contributed by atoms with Crippen molar-refractivity contribution in [3.63, 3.8) is 0 Å². The number of primary amides is 1. The molecule has 2 aromatic carbocycles. The van der Waals surface area contributed by atoms with Crippen molar-refractivity contribution in [2.45, 2.75) is 10.1 Å². The topological polar surface area (TPSA) is 153 Å². The molecule has 0 spiro atoms. The summed E-state index contributed by atoms with van der Waals surface area (Å²) in [6, 6.07) is 12.8. The first kappa shape index (κ1) is 21.7. The second-order valence-corrected chi connectivity index (χ2v) is 10.2. The third kappa shape index (κ3) is 5.99. The van der Waals surface area contributed by atoms with Gasteiger partial charge >= 0.3 is 150 Å². The molecule has 3 aromatic rings. The Morgan fingerprint density at radius 1 is 1.10 bits per heavy atom. The number of anilines is 4. The van der Waals surface area contributed by atoms with Gasteiger partial charge < -0.3 is 0 Å². The van der Waals surface area contributed by atoms with E-state index >= 15 is 0 Å². The van der Waals surface area contributed by atoms with Gasteiger partial charge in [-0.1, -0.05) is 0 Å². The van der Waals surface area contributed by atoms with E-state index in [0.717, 1.165) is 11.8 Å². The quantitative estimate of drug-likeness (QED) is 0.350. The molecule has 1 atom stereocenters. The number of primary sulfonamides is 1. The Bertz CT molecular complexity index is 1170. The van der Waals surface area contributed by atoms with Crippen molar-refractivity contribution >= 4 is 53.6 Å². The first-order valence-electron chi connectivity index (χ1n) is 8.52. The maximum absolute atomic E-state index is 14.2. The molecule has 9 nitrogen and oxygen atoms in total. The Morgan fingerprint density at radius 2 is 1.83 bits per heavy atom. The van der Waals surface area contributed by atoms with Crippen molar-refractivity contribution < 1.29 is 17.6 Å². The molecule has 0 radical (unpaired) electrons. The molecule has 6 N–H and O–H groups in total. The van der Waals surface area contributed by atoms with Crippen molar-refractivity contribution in [3.8, 4) is 0 Å². The van der Waals surface area contributed by atoms with Crippen LogP contribution in [0.5, 0.6) is 0 Å². The fourth-order valence-electron chi connectivity index (χ4n) is 2.46. The zero-order valence-electron chi connectivity index (χ0n) is 15.5. The Kier molecular flexibility index (Phi) is 6.66. The number of aromatic nitrogens is 2. The number of sulfonamides is 1. The summed E-state index contributed by atoms with van der Waals surface area (Å²) in [6.07, 6.45) is 1.01. The zero-order chi connectivity index (χ0) is 21.7. The summed E-state index contributed by atoms with van der Waals surface area (Å²) in [5.74, 6) is -0.586. The molecule has 0 saturated carbocycles. The van der Waals surface area contributed by atoms with Crippen LogP contribution in [0.15, 0.2) is 59.6 Å². The predicted octanol–water partition coefficient (Wildman–Crippen LogP) is 1.77. The van der Waals surface area contributed by atoms with E-state index in [9.17, 15) is 17.6 Å². The van der Waals surface area contributed by atoms with Crippen molar-refractivity contribution in [3.05, 3.63) is 66.1 Å². The molecule has 0 aliphatic rings. The van der Waals surface area contributed by atoms with E-state index in [1.807, 2.05) is 6.07 Å². The van der Waals surface area contributed by atoms with Gasteiger partial charge in [-0.2, -0.15) is 0 Å². The van der Waals surface area contributed by atoms with Crippen LogP contribution in [0.4, 0.5) is 32.3 Å². The third-order valence-electron chi connectivity index (χ3n) is 3.84. The first-order chi connectivity index (χ1) is 14.2. The molecule has 3 rings (SSSR count). The molecule has 1 heterocycles. The summed E-state index contributed by atoms with van der Waals surface area (Å²) in [4.78, 5) is 19.0. The number of carbonyl (C=O) groups excluding carboxylic acids is 1. The van der Waals surface area contributed by atoms with Crippen molar-refractivity contribution in [2.75, 3.05) is 10.6 Å². The van der Waals surface area contributed by atoms with Crippen LogP contribution in [0.3, 0.4) is 0 Å². The van der Waals surface area contributed by atoms with Gasteiger partial charge in [0.15, 0.2) is 0 Å². The van der Waals surface area contributed by atoms with E-state index in [1.165, 1.54) is 24.3 Å². The summed E-state index contributed by atoms with van der Waals surface area (Å²) in [7, 11) is -3.79. The minimum atomic E-state index is -3.79. The van der Waals surface area contributed by atoms with E-state index < -0.39 is 31.6 Å². The average molecular weight is 492 g/mol. The van der Waals surface area contributed by atoms with Gasteiger partial charge in [0.2, 0.25) is 10.0 Å². The van der Waals surface area contributed by atoms with Gasteiger partial charge in [0, 0.05) is 0 Å². The fourth-order valence-corrected chi connectivity index (χ4v) is 4.23. The predicted molar refractivity (Wildman–Crippen MR) is 113 cm³/mol. The summed E-state index contributed by atoms with van der Waals surface area (Å²) < 4.78 is 36.5. The van der Waals surface area contributed by atoms with E-state index in [4.69, 9.17) is 10.9 Å². The van der Waals surface area contributed by atoms with E-state index in [1.54, 1.807) is 18.2 Å². The van der Waals surface area contributed by atoms with Crippen molar-refractivity contribution in [2.24, 2.45) is 10.9 Å². The minimum absolute atomic E-state index is 0.0330. The van der Waals surface area contributed by atoms with Crippen LogP contribution in [0.25, 0.3) is 0 Å². The molecule has 0 aliphatic heterocycles. The van der Waals surface area contributed by atoms with E-state index in [-0.39, 0.29) is 21.4 Å². The number of halogens is 1. The molecule has 0 saturated heterocycles. The van der Waals surface area contributed by atoms with Gasteiger partial charge in [-0.05, 0) is 0 Å². The van der Waals surface area contributed by atoms with Crippen LogP contribution in [-0.2, 0) is 15.2 Å². The standard InChI is InChI=1S/C18H18AsFN6O3S/c20-15-10-23-18(25-12-4-6-14(7-5-12)30(22,28)29)26-16(15)24-13-3-1-2-11(8-13)9-19-17(21)27/h1-8,10,19H,9H2,(H2,21,27)(H2,22,28,29)(H2,23,24,25,26). The Balaban J connectivity index is 1.75. The second kappa shape index (κ2) is 9.20. The van der Waals surface area contributed by atoms with Crippen molar-refractivity contribution in [1.29, 1.82) is 0 Å². The Hall–Kier alpha value is -3.01. The van der Waals surface area contributed by atoms with Gasteiger partial charge in [-0.15, -0.1) is 0 Å². The van der Waals surface area contributed by atoms with Gasteiger partial charge in [0.25, 0.3) is 0 Å². The molecule has 0 aliphatic carbocycles. The number of hydrogen-bond acceptors (Lipinski definition) is 7. The average Bonchev–Trinajstić information content (AvgIpc) is 2.69. The molecule has 0 fully saturated rings. The fraction of sp³-hybridized carbons (Fsp3) is 0.0556. The SMILES string of the molecule is NC(=O)[AsH]Cc1cccc(Nc2nc(Nc3ccc(S(N)(=O)=O)cc3)ncc2F)c1. The van der Waals surface area contributed by atoms with Gasteiger partial charge in [0.05, 0.1) is 4.90 Å². The number of nitrogens with zero attached hydrogens (tertiary/aromatic N) is 2. The van der Waals surface area contributed by atoms with Gasteiger partial charge in [-0.3, -0.25) is 0 Å². The summed E-state index contributed by atoms with van der Waals surface area (Å²) in [5, 5.41) is 11.4. The number of hydrogen-bond donors (Lipinski definition) is 4. The molecule has 1 amide bonds. The van der Waals surface area contributed by atoms with Crippen LogP contribution < -0.4 is 21.5 Å². The summed E-state index contributed by atoms with van der Waals surface area (Å²) in [6.45, 7) is 0. The first-order valence-corrected chi connectivity index (χ1v) is 12.6. The van der Waals surface area contributed by atoms with Crippen LogP contribution >= 0.6 is 0 Å². The zero-order valence-corrected chi connectivity index (χ0v) is 18.4. The maximum atomic E-state index is 14.2. The summed E-state index contributed by atoms with van der Waals surface area (Å²) in [5.41, 5.74) is 7.24. The molecule has 0 bridgehead atoms. The number of rotatable bonds is 8. The number of benzene rings is 2. The molecular formula is C18H18AsFN6O3S. The van der Waals surface area contributed by atoms with Crippen LogP contribution in [-0.4, -0.2) is 38.8 Å². The number of nitrogens with one attached hydrogen (secondary N) is 2. The Labute approximate surface area is 178 Å². The van der Waals surface area contributed by atoms with Crippen LogP contribution in [0, 0.1) is 5.82 Å². The number of amides is 1. The molecule has 156 valence electrons. The monoisotopic (exact) mass is 492 g/mol. The third-order valence-corrected chi connectivity index (χ3v) is 6.73. The number of carbonyl (C=O) groups is 1. The summed E-state index contributed by atoms with van der Waals surface area (Å²) >= 11 is -0.917. The van der Waals surface area contributed by atoms with Gasteiger partial charge in [-0.25, -0.2) is 13.6 Å². The van der Waals surface area contributed by atoms with Crippen molar-refractivity contribution in [1.82, 2.24) is 9.97 Å². The normalized spacial score (nSPS) is 11.5. The molecule has 1 aromatic heterocycles. The molecular weight excluding hydrogens is 474 g/mol. The molecule has 1 unspecified atom stereocenters. The molecule has 12 heteroatoms. The van der Waals surface area contributed by atoms with Gasteiger partial charge in [0.1, 0.15) is 0 Å². The number of nitrogens with two attached hydrogens (primary N) is 2. The Morgan fingerprint density at radius 3 is 2.50 bits per heavy atom. The van der Waals surface area contributed by atoms with Crippen LogP contribution in [0.1, 0.15) is 5.56 Å². The molecule has 30 heavy (non-hydrogen) atoms.